The van der Waals surface area contributed by atoms with Gasteiger partial charge in [0.2, 0.25) is 5.89 Å². The maximum absolute atomic E-state index is 5.99. The average molecular weight is 379 g/mol. The number of hydrogen-bond donors (Lipinski definition) is 0. The molecule has 4 aromatic rings. The summed E-state index contributed by atoms with van der Waals surface area (Å²) in [5, 5.41) is 0. The van der Waals surface area contributed by atoms with Gasteiger partial charge in [-0.1, -0.05) is 72.8 Å². The van der Waals surface area contributed by atoms with Crippen LogP contribution in [-0.4, -0.2) is 12.1 Å². The molecule has 0 aliphatic carbocycles. The highest BCUT2D eigenvalue weighted by Gasteiger charge is 2.07. The molecule has 0 saturated carbocycles. The molecule has 4 rings (SSSR count). The van der Waals surface area contributed by atoms with E-state index in [0.29, 0.717) is 11.7 Å². The highest BCUT2D eigenvalue weighted by molar-refractivity contribution is 5.89. The van der Waals surface area contributed by atoms with Gasteiger partial charge in [-0.3, -0.25) is 0 Å². The summed E-state index contributed by atoms with van der Waals surface area (Å²) < 4.78 is 11.2. The quantitative estimate of drug-likeness (QED) is 0.354. The first kappa shape index (κ1) is 18.5. The number of hydrogen-bond acceptors (Lipinski definition) is 3. The molecule has 142 valence electrons. The normalized spacial score (nSPS) is 11.7. The standard InChI is InChI=1S/C26H21NO2/c1-28-24-16-14-22(15-17-24)26-27-19-25(29-26)18-23(21-10-6-3-7-11-21)13-12-20-8-4-2-5-9-20/h2-19H,1H3/b13-12+,23-18+. The van der Waals surface area contributed by atoms with E-state index in [1.54, 1.807) is 13.3 Å². The Morgan fingerprint density at radius 1 is 0.862 bits per heavy atom. The monoisotopic (exact) mass is 379 g/mol. The van der Waals surface area contributed by atoms with Crippen molar-refractivity contribution in [1.29, 1.82) is 0 Å². The molecule has 0 aliphatic rings. The third-order valence-electron chi connectivity index (χ3n) is 4.52. The Kier molecular flexibility index (Phi) is 5.68. The zero-order chi connectivity index (χ0) is 19.9. The molecule has 0 saturated heterocycles. The molecule has 0 amide bonds. The number of nitrogens with zero attached hydrogens (tertiary/aromatic N) is 1. The fourth-order valence-electron chi connectivity index (χ4n) is 2.98. The Balaban J connectivity index is 1.65. The third-order valence-corrected chi connectivity index (χ3v) is 4.52. The largest absolute Gasteiger partial charge is 0.497 e. The summed E-state index contributed by atoms with van der Waals surface area (Å²) in [4.78, 5) is 4.43. The number of rotatable bonds is 6. The van der Waals surface area contributed by atoms with Gasteiger partial charge in [-0.15, -0.1) is 0 Å². The minimum absolute atomic E-state index is 0.582. The van der Waals surface area contributed by atoms with E-state index in [-0.39, 0.29) is 0 Å². The fourth-order valence-corrected chi connectivity index (χ4v) is 2.98. The van der Waals surface area contributed by atoms with Gasteiger partial charge in [0.1, 0.15) is 11.5 Å². The lowest BCUT2D eigenvalue weighted by Gasteiger charge is -2.02. The molecular weight excluding hydrogens is 358 g/mol. The van der Waals surface area contributed by atoms with E-state index in [2.05, 4.69) is 41.4 Å². The molecule has 0 radical (unpaired) electrons. The topological polar surface area (TPSA) is 35.3 Å². The Hall–Kier alpha value is -3.85. The number of aromatic nitrogens is 1. The molecule has 1 aromatic heterocycles. The third kappa shape index (κ3) is 4.71. The van der Waals surface area contributed by atoms with Crippen LogP contribution in [0.5, 0.6) is 5.75 Å². The highest BCUT2D eigenvalue weighted by atomic mass is 16.5. The predicted molar refractivity (Wildman–Crippen MR) is 118 cm³/mol. The van der Waals surface area contributed by atoms with Gasteiger partial charge in [0, 0.05) is 5.56 Å². The second kappa shape index (κ2) is 8.89. The zero-order valence-electron chi connectivity index (χ0n) is 16.2. The molecule has 0 aliphatic heterocycles. The van der Waals surface area contributed by atoms with Crippen LogP contribution in [0.1, 0.15) is 16.9 Å². The molecule has 0 N–H and O–H groups in total. The zero-order valence-corrected chi connectivity index (χ0v) is 16.2. The van der Waals surface area contributed by atoms with Crippen LogP contribution in [0.4, 0.5) is 0 Å². The van der Waals surface area contributed by atoms with Gasteiger partial charge in [0.25, 0.3) is 0 Å². The van der Waals surface area contributed by atoms with E-state index in [1.807, 2.05) is 66.7 Å². The fraction of sp³-hybridized carbons (Fsp3) is 0.0385. The number of allylic oxidation sites excluding steroid dienone is 2. The van der Waals surface area contributed by atoms with Crippen molar-refractivity contribution in [3.8, 4) is 17.2 Å². The molecule has 1 heterocycles. The average Bonchev–Trinajstić information content (AvgIpc) is 3.26. The lowest BCUT2D eigenvalue weighted by molar-refractivity contribution is 0.415. The van der Waals surface area contributed by atoms with Crippen LogP contribution in [0.15, 0.2) is 102 Å². The van der Waals surface area contributed by atoms with Crippen LogP contribution >= 0.6 is 0 Å². The Morgan fingerprint density at radius 3 is 2.24 bits per heavy atom. The first-order valence-corrected chi connectivity index (χ1v) is 9.42. The smallest absolute Gasteiger partial charge is 0.226 e. The molecule has 0 fully saturated rings. The van der Waals surface area contributed by atoms with Crippen molar-refractivity contribution in [3.05, 3.63) is 114 Å². The summed E-state index contributed by atoms with van der Waals surface area (Å²) in [5.74, 6) is 2.09. The van der Waals surface area contributed by atoms with Crippen LogP contribution in [0, 0.1) is 0 Å². The maximum Gasteiger partial charge on any atom is 0.226 e. The number of ether oxygens (including phenoxy) is 1. The first-order valence-electron chi connectivity index (χ1n) is 9.42. The van der Waals surface area contributed by atoms with E-state index in [1.165, 1.54) is 0 Å². The van der Waals surface area contributed by atoms with Crippen LogP contribution in [-0.2, 0) is 0 Å². The lowest BCUT2D eigenvalue weighted by Crippen LogP contribution is -1.82. The predicted octanol–water partition coefficient (Wildman–Crippen LogP) is 6.60. The summed E-state index contributed by atoms with van der Waals surface area (Å²) in [5.41, 5.74) is 4.21. The van der Waals surface area contributed by atoms with Crippen LogP contribution < -0.4 is 4.74 Å². The molecule has 3 aromatic carbocycles. The minimum Gasteiger partial charge on any atom is -0.497 e. The van der Waals surface area contributed by atoms with Crippen molar-refractivity contribution in [2.75, 3.05) is 7.11 Å². The van der Waals surface area contributed by atoms with Crippen molar-refractivity contribution >= 4 is 17.7 Å². The van der Waals surface area contributed by atoms with Crippen molar-refractivity contribution < 1.29 is 9.15 Å². The Labute approximate surface area is 170 Å². The van der Waals surface area contributed by atoms with Gasteiger partial charge in [-0.2, -0.15) is 0 Å². The van der Waals surface area contributed by atoms with Crippen molar-refractivity contribution in [3.63, 3.8) is 0 Å². The number of benzene rings is 3. The molecule has 3 heteroatoms. The van der Waals surface area contributed by atoms with E-state index < -0.39 is 0 Å². The van der Waals surface area contributed by atoms with Gasteiger partial charge in [-0.05, 0) is 47.0 Å². The van der Waals surface area contributed by atoms with E-state index in [9.17, 15) is 0 Å². The SMILES string of the molecule is COc1ccc(-c2ncc(/C=C(\C=C\c3ccccc3)c3ccccc3)o2)cc1. The first-order chi connectivity index (χ1) is 14.3. The van der Waals surface area contributed by atoms with E-state index in [4.69, 9.17) is 9.15 Å². The molecule has 0 unspecified atom stereocenters. The summed E-state index contributed by atoms with van der Waals surface area (Å²) >= 11 is 0. The highest BCUT2D eigenvalue weighted by Crippen LogP contribution is 2.25. The number of methoxy groups -OCH3 is 1. The Bertz CT molecular complexity index is 1110. The second-order valence-electron chi connectivity index (χ2n) is 6.51. The van der Waals surface area contributed by atoms with Gasteiger partial charge in [0.05, 0.1) is 13.3 Å². The van der Waals surface area contributed by atoms with Gasteiger partial charge in [0.15, 0.2) is 0 Å². The van der Waals surface area contributed by atoms with Crippen molar-refractivity contribution in [2.45, 2.75) is 0 Å². The molecule has 29 heavy (non-hydrogen) atoms. The van der Waals surface area contributed by atoms with Crippen LogP contribution in [0.2, 0.25) is 0 Å². The summed E-state index contributed by atoms with van der Waals surface area (Å²) in [7, 11) is 1.65. The van der Waals surface area contributed by atoms with Crippen LogP contribution in [0.25, 0.3) is 29.2 Å². The van der Waals surface area contributed by atoms with E-state index in [0.717, 1.165) is 28.0 Å². The second-order valence-corrected chi connectivity index (χ2v) is 6.51. The van der Waals surface area contributed by atoms with Crippen molar-refractivity contribution in [2.24, 2.45) is 0 Å². The van der Waals surface area contributed by atoms with Gasteiger partial charge >= 0.3 is 0 Å². The number of oxazole rings is 1. The van der Waals surface area contributed by atoms with Crippen LogP contribution in [0.3, 0.4) is 0 Å². The van der Waals surface area contributed by atoms with Gasteiger partial charge < -0.3 is 9.15 Å². The lowest BCUT2D eigenvalue weighted by atomic mass is 10.0. The van der Waals surface area contributed by atoms with Crippen molar-refractivity contribution in [1.82, 2.24) is 4.98 Å². The molecule has 0 bridgehead atoms. The molecular formula is C26H21NO2. The van der Waals surface area contributed by atoms with E-state index >= 15 is 0 Å². The Morgan fingerprint density at radius 2 is 1.55 bits per heavy atom. The summed E-state index contributed by atoms with van der Waals surface area (Å²) in [6.07, 6.45) is 7.95. The molecule has 0 atom stereocenters. The molecule has 3 nitrogen and oxygen atoms in total. The minimum atomic E-state index is 0.582. The summed E-state index contributed by atoms with van der Waals surface area (Å²) in [6.45, 7) is 0. The molecule has 0 spiro atoms. The summed E-state index contributed by atoms with van der Waals surface area (Å²) in [6, 6.07) is 28.1. The maximum atomic E-state index is 5.99. The van der Waals surface area contributed by atoms with Gasteiger partial charge in [-0.25, -0.2) is 4.98 Å².